The highest BCUT2D eigenvalue weighted by Gasteiger charge is 2.41. The molecule has 0 amide bonds. The fourth-order valence-electron chi connectivity index (χ4n) is 3.85. The molecule has 0 fully saturated rings. The summed E-state index contributed by atoms with van der Waals surface area (Å²) >= 11 is 0. The van der Waals surface area contributed by atoms with Crippen molar-refractivity contribution < 1.29 is 18.5 Å². The van der Waals surface area contributed by atoms with Gasteiger partial charge in [0.05, 0.1) is 27.7 Å². The molecule has 0 aromatic rings. The first kappa shape index (κ1) is 28.9. The van der Waals surface area contributed by atoms with Crippen molar-refractivity contribution in [3.05, 3.63) is 12.2 Å². The van der Waals surface area contributed by atoms with E-state index < -0.39 is 7.60 Å². The first-order valence-electron chi connectivity index (χ1n) is 12.2. The van der Waals surface area contributed by atoms with Crippen LogP contribution in [0.5, 0.6) is 0 Å². The van der Waals surface area contributed by atoms with Crippen molar-refractivity contribution >= 4 is 7.60 Å². The quantitative estimate of drug-likeness (QED) is 0.0929. The number of rotatable bonds is 20. The van der Waals surface area contributed by atoms with E-state index in [1.54, 1.807) is 0 Å². The van der Waals surface area contributed by atoms with E-state index in [-0.39, 0.29) is 5.78 Å². The standard InChI is InChI=1S/C24H50NO3P/c1-6-8-9-10-11-12-13-14-15-16-17-18-19-20-21-22-23-28-29(26,27)24(7-2)25(3,4)5/h15-16,24H,6-14,17-23H2,1-5H3/p+1. The third kappa shape index (κ3) is 16.2. The molecule has 0 saturated carbocycles. The van der Waals surface area contributed by atoms with Gasteiger partial charge in [-0.3, -0.25) is 4.57 Å². The van der Waals surface area contributed by atoms with Crippen LogP contribution in [-0.4, -0.2) is 42.9 Å². The summed E-state index contributed by atoms with van der Waals surface area (Å²) in [6.07, 6.45) is 23.0. The van der Waals surface area contributed by atoms with Crippen LogP contribution in [0, 0.1) is 0 Å². The molecule has 0 aliphatic carbocycles. The van der Waals surface area contributed by atoms with Crippen LogP contribution in [0.3, 0.4) is 0 Å². The molecule has 0 aromatic heterocycles. The van der Waals surface area contributed by atoms with Gasteiger partial charge in [-0.05, 0) is 32.1 Å². The van der Waals surface area contributed by atoms with E-state index in [0.29, 0.717) is 17.5 Å². The van der Waals surface area contributed by atoms with Crippen LogP contribution in [0.2, 0.25) is 0 Å². The minimum atomic E-state index is -3.55. The zero-order chi connectivity index (χ0) is 22.0. The van der Waals surface area contributed by atoms with Gasteiger partial charge in [-0.25, -0.2) is 0 Å². The molecule has 174 valence electrons. The lowest BCUT2D eigenvalue weighted by molar-refractivity contribution is -0.883. The molecule has 5 heteroatoms. The average Bonchev–Trinajstić information content (AvgIpc) is 2.63. The summed E-state index contributed by atoms with van der Waals surface area (Å²) in [5.41, 5.74) is 0. The van der Waals surface area contributed by atoms with Gasteiger partial charge in [-0.2, -0.15) is 0 Å². The smallest absolute Gasteiger partial charge is 0.320 e. The SMILES string of the molecule is CCCCCCCCCC=CCCCCCCCOP(=O)(O)C(CC)[N+](C)(C)C. The van der Waals surface area contributed by atoms with Crippen molar-refractivity contribution in [2.45, 2.75) is 116 Å². The van der Waals surface area contributed by atoms with Crippen LogP contribution in [0.25, 0.3) is 0 Å². The number of nitrogens with zero attached hydrogens (tertiary/aromatic N) is 1. The minimum absolute atomic E-state index is 0.352. The van der Waals surface area contributed by atoms with Gasteiger partial charge in [0.1, 0.15) is 0 Å². The Morgan fingerprint density at radius 1 is 0.793 bits per heavy atom. The van der Waals surface area contributed by atoms with E-state index in [4.69, 9.17) is 4.52 Å². The fraction of sp³-hybridized carbons (Fsp3) is 0.917. The van der Waals surface area contributed by atoms with E-state index in [1.165, 1.54) is 77.0 Å². The van der Waals surface area contributed by atoms with Gasteiger partial charge in [0.25, 0.3) is 0 Å². The van der Waals surface area contributed by atoms with E-state index in [1.807, 2.05) is 28.1 Å². The van der Waals surface area contributed by atoms with Gasteiger partial charge in [-0.15, -0.1) is 0 Å². The average molecular weight is 433 g/mol. The molecule has 0 aromatic carbocycles. The van der Waals surface area contributed by atoms with Crippen molar-refractivity contribution in [3.8, 4) is 0 Å². The highest BCUT2D eigenvalue weighted by molar-refractivity contribution is 7.53. The molecule has 0 rings (SSSR count). The second kappa shape index (κ2) is 17.5. The molecular weight excluding hydrogens is 381 g/mol. The van der Waals surface area contributed by atoms with Crippen LogP contribution in [-0.2, 0) is 9.09 Å². The Morgan fingerprint density at radius 3 is 1.69 bits per heavy atom. The Balaban J connectivity index is 3.54. The van der Waals surface area contributed by atoms with E-state index in [2.05, 4.69) is 19.1 Å². The van der Waals surface area contributed by atoms with Crippen LogP contribution in [0.15, 0.2) is 12.2 Å². The minimum Gasteiger partial charge on any atom is -0.320 e. The largest absolute Gasteiger partial charge is 0.385 e. The Bertz CT molecular complexity index is 446. The predicted molar refractivity (Wildman–Crippen MR) is 127 cm³/mol. The lowest BCUT2D eigenvalue weighted by Gasteiger charge is -2.35. The highest BCUT2D eigenvalue weighted by Crippen LogP contribution is 2.51. The first-order valence-corrected chi connectivity index (χ1v) is 13.8. The summed E-state index contributed by atoms with van der Waals surface area (Å²) in [7, 11) is 2.29. The Kier molecular flexibility index (Phi) is 17.4. The summed E-state index contributed by atoms with van der Waals surface area (Å²) in [5.74, 6) is -0.352. The third-order valence-electron chi connectivity index (χ3n) is 5.57. The zero-order valence-corrected chi connectivity index (χ0v) is 21.1. The number of hydrogen-bond acceptors (Lipinski definition) is 2. The first-order chi connectivity index (χ1) is 13.8. The second-order valence-corrected chi connectivity index (χ2v) is 11.3. The zero-order valence-electron chi connectivity index (χ0n) is 20.2. The lowest BCUT2D eigenvalue weighted by Crippen LogP contribution is -2.44. The van der Waals surface area contributed by atoms with Gasteiger partial charge >= 0.3 is 7.60 Å². The Labute approximate surface area is 182 Å². The topological polar surface area (TPSA) is 46.5 Å². The fourth-order valence-corrected chi connectivity index (χ4v) is 5.75. The second-order valence-electron chi connectivity index (χ2n) is 9.34. The molecule has 0 saturated heterocycles. The van der Waals surface area contributed by atoms with E-state index in [0.717, 1.165) is 12.8 Å². The number of quaternary nitrogens is 1. The maximum atomic E-state index is 12.5. The molecule has 2 unspecified atom stereocenters. The molecule has 0 spiro atoms. The van der Waals surface area contributed by atoms with Crippen molar-refractivity contribution in [2.24, 2.45) is 0 Å². The van der Waals surface area contributed by atoms with Crippen LogP contribution >= 0.6 is 7.60 Å². The lowest BCUT2D eigenvalue weighted by atomic mass is 10.1. The summed E-state index contributed by atoms with van der Waals surface area (Å²) in [6.45, 7) is 4.61. The van der Waals surface area contributed by atoms with Gasteiger partial charge in [0.15, 0.2) is 5.78 Å². The predicted octanol–water partition coefficient (Wildman–Crippen LogP) is 7.67. The molecule has 0 aliphatic rings. The molecular formula is C24H51NO3P+. The van der Waals surface area contributed by atoms with Crippen molar-refractivity contribution in [1.82, 2.24) is 0 Å². The summed E-state index contributed by atoms with van der Waals surface area (Å²) in [6, 6.07) is 0. The number of unbranched alkanes of at least 4 members (excludes halogenated alkanes) is 12. The van der Waals surface area contributed by atoms with Crippen molar-refractivity contribution in [1.29, 1.82) is 0 Å². The number of hydrogen-bond donors (Lipinski definition) is 1. The summed E-state index contributed by atoms with van der Waals surface area (Å²) in [5, 5.41) is 0. The Hall–Kier alpha value is -0.150. The molecule has 0 bridgehead atoms. The van der Waals surface area contributed by atoms with Crippen molar-refractivity contribution in [2.75, 3.05) is 27.7 Å². The maximum absolute atomic E-state index is 12.5. The van der Waals surface area contributed by atoms with Gasteiger partial charge in [0, 0.05) is 6.42 Å². The highest BCUT2D eigenvalue weighted by atomic mass is 31.2. The van der Waals surface area contributed by atoms with Crippen molar-refractivity contribution in [3.63, 3.8) is 0 Å². The van der Waals surface area contributed by atoms with Gasteiger partial charge < -0.3 is 13.9 Å². The Morgan fingerprint density at radius 2 is 1.24 bits per heavy atom. The monoisotopic (exact) mass is 432 g/mol. The molecule has 2 atom stereocenters. The molecule has 1 N–H and O–H groups in total. The normalized spacial score (nSPS) is 15.7. The molecule has 29 heavy (non-hydrogen) atoms. The van der Waals surface area contributed by atoms with E-state index >= 15 is 0 Å². The van der Waals surface area contributed by atoms with Crippen LogP contribution < -0.4 is 0 Å². The van der Waals surface area contributed by atoms with Gasteiger partial charge in [0.2, 0.25) is 0 Å². The number of allylic oxidation sites excluding steroid dienone is 2. The maximum Gasteiger partial charge on any atom is 0.385 e. The van der Waals surface area contributed by atoms with Crippen LogP contribution in [0.4, 0.5) is 0 Å². The summed E-state index contributed by atoms with van der Waals surface area (Å²) in [4.78, 5) is 10.2. The molecule has 0 radical (unpaired) electrons. The third-order valence-corrected chi connectivity index (χ3v) is 7.93. The molecule has 0 aliphatic heterocycles. The van der Waals surface area contributed by atoms with E-state index in [9.17, 15) is 9.46 Å². The molecule has 4 nitrogen and oxygen atoms in total. The summed E-state index contributed by atoms with van der Waals surface area (Å²) < 4.78 is 18.3. The molecule has 0 heterocycles. The van der Waals surface area contributed by atoms with Crippen LogP contribution in [0.1, 0.15) is 110 Å². The van der Waals surface area contributed by atoms with Gasteiger partial charge in [-0.1, -0.05) is 83.8 Å².